The minimum Gasteiger partial charge on any atom is -0.497 e. The monoisotopic (exact) mass is 292 g/mol. The summed E-state index contributed by atoms with van der Waals surface area (Å²) in [6.07, 6.45) is 4.00. The lowest BCUT2D eigenvalue weighted by atomic mass is 10.2. The van der Waals surface area contributed by atoms with Crippen molar-refractivity contribution >= 4 is 23.2 Å². The highest BCUT2D eigenvalue weighted by molar-refractivity contribution is 6.30. The summed E-state index contributed by atoms with van der Waals surface area (Å²) in [5.74, 6) is 1.38. The Morgan fingerprint density at radius 2 is 2.05 bits per heavy atom. The van der Waals surface area contributed by atoms with E-state index in [1.165, 1.54) is 0 Å². The first kappa shape index (κ1) is 14.6. The maximum Gasteiger partial charge on any atom is 0.229 e. The molecular weight excluding hydrogens is 276 g/mol. The van der Waals surface area contributed by atoms with E-state index in [1.807, 2.05) is 29.2 Å². The zero-order chi connectivity index (χ0) is 14.4. The highest BCUT2D eigenvalue weighted by atomic mass is 35.5. The molecule has 0 amide bonds. The van der Waals surface area contributed by atoms with Crippen LogP contribution in [0.2, 0.25) is 5.02 Å². The number of rotatable bonds is 6. The van der Waals surface area contributed by atoms with Crippen molar-refractivity contribution in [3.05, 3.63) is 41.7 Å². The largest absolute Gasteiger partial charge is 0.497 e. The van der Waals surface area contributed by atoms with E-state index >= 15 is 0 Å². The summed E-state index contributed by atoms with van der Waals surface area (Å²) < 4.78 is 5.25. The van der Waals surface area contributed by atoms with Gasteiger partial charge in [-0.2, -0.15) is 0 Å². The van der Waals surface area contributed by atoms with Gasteiger partial charge in [-0.25, -0.2) is 9.97 Å². The van der Waals surface area contributed by atoms with E-state index in [0.29, 0.717) is 17.5 Å². The summed E-state index contributed by atoms with van der Waals surface area (Å²) in [5.41, 5.74) is 6.56. The molecule has 1 heterocycles. The minimum absolute atomic E-state index is 0.512. The molecule has 0 bridgehead atoms. The van der Waals surface area contributed by atoms with Crippen molar-refractivity contribution in [3.63, 3.8) is 0 Å². The number of benzene rings is 1. The molecule has 1 aromatic heterocycles. The number of aromatic nitrogens is 2. The predicted molar refractivity (Wildman–Crippen MR) is 80.7 cm³/mol. The highest BCUT2D eigenvalue weighted by Gasteiger charge is 2.12. The number of nitrogens with two attached hydrogens (primary N) is 1. The van der Waals surface area contributed by atoms with Crippen LogP contribution in [0.25, 0.3) is 0 Å². The Labute approximate surface area is 123 Å². The maximum atomic E-state index is 5.83. The van der Waals surface area contributed by atoms with Gasteiger partial charge in [-0.05, 0) is 25.1 Å². The molecule has 1 aromatic carbocycles. The summed E-state index contributed by atoms with van der Waals surface area (Å²) in [4.78, 5) is 10.5. The van der Waals surface area contributed by atoms with Gasteiger partial charge in [0.1, 0.15) is 5.75 Å². The fraction of sp³-hybridized carbons (Fsp3) is 0.286. The first-order valence-corrected chi connectivity index (χ1v) is 6.71. The number of nitrogens with zero attached hydrogens (tertiary/aromatic N) is 3. The molecule has 0 unspecified atom stereocenters. The van der Waals surface area contributed by atoms with Crippen molar-refractivity contribution in [2.75, 3.05) is 25.1 Å². The molecule has 0 spiro atoms. The van der Waals surface area contributed by atoms with Crippen molar-refractivity contribution in [1.82, 2.24) is 9.97 Å². The molecule has 5 nitrogen and oxygen atoms in total. The van der Waals surface area contributed by atoms with Crippen LogP contribution in [0.3, 0.4) is 0 Å². The Bertz CT molecular complexity index is 547. The Kier molecular flexibility index (Phi) is 5.15. The number of halogens is 1. The second kappa shape index (κ2) is 7.07. The fourth-order valence-electron chi connectivity index (χ4n) is 1.82. The molecule has 0 radical (unpaired) electrons. The highest BCUT2D eigenvalue weighted by Crippen LogP contribution is 2.26. The third-order valence-electron chi connectivity index (χ3n) is 2.80. The van der Waals surface area contributed by atoms with Gasteiger partial charge in [0.15, 0.2) is 0 Å². The smallest absolute Gasteiger partial charge is 0.229 e. The van der Waals surface area contributed by atoms with Crippen molar-refractivity contribution < 1.29 is 4.74 Å². The molecule has 20 heavy (non-hydrogen) atoms. The van der Waals surface area contributed by atoms with Gasteiger partial charge in [0.2, 0.25) is 5.95 Å². The van der Waals surface area contributed by atoms with Crippen LogP contribution in [0.1, 0.15) is 6.42 Å². The van der Waals surface area contributed by atoms with Crippen LogP contribution in [0.4, 0.5) is 11.6 Å². The molecule has 106 valence electrons. The molecule has 0 saturated heterocycles. The lowest BCUT2D eigenvalue weighted by molar-refractivity contribution is 0.415. The third-order valence-corrected chi connectivity index (χ3v) is 2.99. The lowest BCUT2D eigenvalue weighted by Gasteiger charge is -2.22. The van der Waals surface area contributed by atoms with Crippen molar-refractivity contribution in [2.45, 2.75) is 6.42 Å². The standard InChI is InChI=1S/C14H17ClN4O/c1-20-13-5-2-4-12(8-13)19(7-3-6-16)14-17-9-11(15)10-18-14/h2,4-5,8-10H,3,6-7,16H2,1H3. The van der Waals surface area contributed by atoms with Crippen molar-refractivity contribution in [3.8, 4) is 5.75 Å². The van der Waals surface area contributed by atoms with Crippen LogP contribution in [0.15, 0.2) is 36.7 Å². The van der Waals surface area contributed by atoms with Gasteiger partial charge in [0, 0.05) is 18.3 Å². The third kappa shape index (κ3) is 3.59. The summed E-state index contributed by atoms with van der Waals surface area (Å²) in [7, 11) is 1.64. The minimum atomic E-state index is 0.512. The van der Waals surface area contributed by atoms with Crippen LogP contribution in [0.5, 0.6) is 5.75 Å². The first-order chi connectivity index (χ1) is 9.74. The Balaban J connectivity index is 2.32. The van der Waals surface area contributed by atoms with Gasteiger partial charge in [0.05, 0.1) is 24.5 Å². The van der Waals surface area contributed by atoms with Crippen LogP contribution in [0, 0.1) is 0 Å². The molecule has 0 atom stereocenters. The Morgan fingerprint density at radius 1 is 1.30 bits per heavy atom. The average molecular weight is 293 g/mol. The van der Waals surface area contributed by atoms with E-state index in [4.69, 9.17) is 22.1 Å². The van der Waals surface area contributed by atoms with Crippen molar-refractivity contribution in [2.24, 2.45) is 5.73 Å². The molecule has 6 heteroatoms. The SMILES string of the molecule is COc1cccc(N(CCCN)c2ncc(Cl)cn2)c1. The van der Waals surface area contributed by atoms with Gasteiger partial charge in [-0.3, -0.25) is 0 Å². The molecule has 0 saturated carbocycles. The van der Waals surface area contributed by atoms with Crippen LogP contribution in [-0.4, -0.2) is 30.2 Å². The van der Waals surface area contributed by atoms with Gasteiger partial charge in [0.25, 0.3) is 0 Å². The number of methoxy groups -OCH3 is 1. The topological polar surface area (TPSA) is 64.3 Å². The number of anilines is 2. The van der Waals surface area contributed by atoms with E-state index in [9.17, 15) is 0 Å². The molecular formula is C14H17ClN4O. The average Bonchev–Trinajstić information content (AvgIpc) is 2.49. The molecule has 0 aliphatic carbocycles. The zero-order valence-electron chi connectivity index (χ0n) is 11.3. The Morgan fingerprint density at radius 3 is 2.70 bits per heavy atom. The second-order valence-electron chi connectivity index (χ2n) is 4.20. The molecule has 0 fully saturated rings. The van der Waals surface area contributed by atoms with E-state index in [2.05, 4.69) is 9.97 Å². The van der Waals surface area contributed by atoms with Gasteiger partial charge >= 0.3 is 0 Å². The normalized spacial score (nSPS) is 10.3. The van der Waals surface area contributed by atoms with E-state index in [0.717, 1.165) is 24.4 Å². The summed E-state index contributed by atoms with van der Waals surface area (Å²) in [5, 5.41) is 0.512. The van der Waals surface area contributed by atoms with E-state index in [-0.39, 0.29) is 0 Å². The quantitative estimate of drug-likeness (QED) is 0.886. The maximum absolute atomic E-state index is 5.83. The van der Waals surface area contributed by atoms with Gasteiger partial charge in [-0.1, -0.05) is 17.7 Å². The van der Waals surface area contributed by atoms with Crippen LogP contribution in [-0.2, 0) is 0 Å². The molecule has 2 rings (SSSR count). The van der Waals surface area contributed by atoms with Gasteiger partial charge < -0.3 is 15.4 Å². The summed E-state index contributed by atoms with van der Waals surface area (Å²) in [6, 6.07) is 7.75. The fourth-order valence-corrected chi connectivity index (χ4v) is 1.91. The van der Waals surface area contributed by atoms with E-state index in [1.54, 1.807) is 19.5 Å². The lowest BCUT2D eigenvalue weighted by Crippen LogP contribution is -2.22. The predicted octanol–water partition coefficient (Wildman–Crippen LogP) is 2.63. The Hall–Kier alpha value is -1.85. The van der Waals surface area contributed by atoms with Crippen molar-refractivity contribution in [1.29, 1.82) is 0 Å². The van der Waals surface area contributed by atoms with Crippen LogP contribution < -0.4 is 15.4 Å². The molecule has 0 aliphatic rings. The number of ether oxygens (including phenoxy) is 1. The number of hydrogen-bond acceptors (Lipinski definition) is 5. The van der Waals surface area contributed by atoms with Gasteiger partial charge in [-0.15, -0.1) is 0 Å². The zero-order valence-corrected chi connectivity index (χ0v) is 12.0. The summed E-state index contributed by atoms with van der Waals surface area (Å²) in [6.45, 7) is 1.33. The van der Waals surface area contributed by atoms with E-state index < -0.39 is 0 Å². The molecule has 2 aromatic rings. The first-order valence-electron chi connectivity index (χ1n) is 6.34. The molecule has 0 aliphatic heterocycles. The second-order valence-corrected chi connectivity index (χ2v) is 4.63. The number of hydrogen-bond donors (Lipinski definition) is 1. The van der Waals surface area contributed by atoms with Crippen LogP contribution >= 0.6 is 11.6 Å². The molecule has 2 N–H and O–H groups in total. The summed E-state index contributed by atoms with van der Waals surface area (Å²) >= 11 is 5.83.